The van der Waals surface area contributed by atoms with Crippen molar-refractivity contribution in [1.82, 2.24) is 19.9 Å². The molecular formula is C25H26N6O3S2. The normalized spacial score (nSPS) is 14.8. The lowest BCUT2D eigenvalue weighted by atomic mass is 9.96. The standard InChI is InChI=1S/C25H26N6O3S2/c1-3-16-14-26-24(27-15-16)31-12-10-18(11-13-31)22(32)30-25-29-21-9-8-20(28-23(21)35-25)17-4-6-19(7-5-17)36(2,33)34/h4-9,14-15,18H,3,10-13H2,1-2H3,(H,29,30,32). The Morgan fingerprint density at radius 2 is 1.75 bits per heavy atom. The van der Waals surface area contributed by atoms with Crippen LogP contribution in [0.2, 0.25) is 0 Å². The number of anilines is 2. The maximum Gasteiger partial charge on any atom is 0.229 e. The maximum atomic E-state index is 12.9. The van der Waals surface area contributed by atoms with Crippen molar-refractivity contribution in [2.75, 3.05) is 29.6 Å². The summed E-state index contributed by atoms with van der Waals surface area (Å²) in [6.07, 6.45) is 7.26. The topological polar surface area (TPSA) is 118 Å². The minimum atomic E-state index is -3.25. The molecule has 4 heterocycles. The van der Waals surface area contributed by atoms with E-state index in [1.807, 2.05) is 24.5 Å². The first-order valence-corrected chi connectivity index (χ1v) is 14.5. The van der Waals surface area contributed by atoms with E-state index in [1.165, 1.54) is 17.6 Å². The third-order valence-electron chi connectivity index (χ3n) is 6.31. The lowest BCUT2D eigenvalue weighted by Gasteiger charge is -2.31. The highest BCUT2D eigenvalue weighted by Gasteiger charge is 2.27. The van der Waals surface area contributed by atoms with E-state index in [1.54, 1.807) is 24.3 Å². The second kappa shape index (κ2) is 9.90. The monoisotopic (exact) mass is 522 g/mol. The van der Waals surface area contributed by atoms with E-state index in [2.05, 4.69) is 37.1 Å². The number of amides is 1. The zero-order valence-electron chi connectivity index (χ0n) is 20.0. The van der Waals surface area contributed by atoms with Gasteiger partial charge in [-0.25, -0.2) is 28.4 Å². The summed E-state index contributed by atoms with van der Waals surface area (Å²) in [5.74, 6) is 0.581. The molecule has 1 aliphatic rings. The van der Waals surface area contributed by atoms with E-state index in [9.17, 15) is 13.2 Å². The zero-order valence-corrected chi connectivity index (χ0v) is 21.6. The van der Waals surface area contributed by atoms with Gasteiger partial charge in [-0.3, -0.25) is 4.79 Å². The van der Waals surface area contributed by atoms with E-state index in [0.717, 1.165) is 43.5 Å². The van der Waals surface area contributed by atoms with Crippen molar-refractivity contribution in [2.45, 2.75) is 31.1 Å². The van der Waals surface area contributed by atoms with Crippen LogP contribution in [0.4, 0.5) is 11.1 Å². The highest BCUT2D eigenvalue weighted by Crippen LogP contribution is 2.29. The van der Waals surface area contributed by atoms with Gasteiger partial charge in [0.25, 0.3) is 0 Å². The molecule has 0 spiro atoms. The molecule has 1 saturated heterocycles. The Balaban J connectivity index is 1.23. The Morgan fingerprint density at radius 1 is 1.06 bits per heavy atom. The van der Waals surface area contributed by atoms with Gasteiger partial charge >= 0.3 is 0 Å². The molecular weight excluding hydrogens is 496 g/mol. The van der Waals surface area contributed by atoms with Crippen molar-refractivity contribution in [2.24, 2.45) is 5.92 Å². The number of carbonyl (C=O) groups excluding carboxylic acids is 1. The smallest absolute Gasteiger partial charge is 0.229 e. The number of hydrogen-bond acceptors (Lipinski definition) is 9. The van der Waals surface area contributed by atoms with Crippen LogP contribution in [0.1, 0.15) is 25.3 Å². The molecule has 3 aromatic heterocycles. The molecule has 1 fully saturated rings. The van der Waals surface area contributed by atoms with Gasteiger partial charge in [-0.05, 0) is 49.1 Å². The number of hydrogen-bond donors (Lipinski definition) is 1. The Kier molecular flexibility index (Phi) is 6.67. The summed E-state index contributed by atoms with van der Waals surface area (Å²) in [5, 5.41) is 3.49. The first-order chi connectivity index (χ1) is 17.3. The maximum absolute atomic E-state index is 12.9. The number of benzene rings is 1. The van der Waals surface area contributed by atoms with E-state index < -0.39 is 9.84 Å². The minimum absolute atomic E-state index is 0.0347. The lowest BCUT2D eigenvalue weighted by molar-refractivity contribution is -0.120. The predicted octanol–water partition coefficient (Wildman–Crippen LogP) is 3.97. The van der Waals surface area contributed by atoms with Crippen molar-refractivity contribution < 1.29 is 13.2 Å². The Hall–Kier alpha value is -3.44. The van der Waals surface area contributed by atoms with Crippen molar-refractivity contribution >= 4 is 48.5 Å². The van der Waals surface area contributed by atoms with E-state index in [0.29, 0.717) is 27.1 Å². The molecule has 11 heteroatoms. The fourth-order valence-corrected chi connectivity index (χ4v) is 5.62. The molecule has 0 aliphatic carbocycles. The van der Waals surface area contributed by atoms with Gasteiger partial charge in [0, 0.05) is 43.2 Å². The fraction of sp³-hybridized carbons (Fsp3) is 0.320. The van der Waals surface area contributed by atoms with E-state index in [-0.39, 0.29) is 16.7 Å². The highest BCUT2D eigenvalue weighted by atomic mass is 32.2. The Bertz CT molecular complexity index is 1490. The summed E-state index contributed by atoms with van der Waals surface area (Å²) in [6, 6.07) is 10.3. The molecule has 1 amide bonds. The molecule has 1 aliphatic heterocycles. The predicted molar refractivity (Wildman–Crippen MR) is 141 cm³/mol. The van der Waals surface area contributed by atoms with Gasteiger partial charge < -0.3 is 10.2 Å². The quantitative estimate of drug-likeness (QED) is 0.404. The average molecular weight is 523 g/mol. The molecule has 1 N–H and O–H groups in total. The average Bonchev–Trinajstić information content (AvgIpc) is 3.30. The second-order valence-corrected chi connectivity index (χ2v) is 11.8. The summed E-state index contributed by atoms with van der Waals surface area (Å²) in [7, 11) is -3.25. The summed E-state index contributed by atoms with van der Waals surface area (Å²) < 4.78 is 23.4. The van der Waals surface area contributed by atoms with Crippen molar-refractivity contribution in [3.63, 3.8) is 0 Å². The van der Waals surface area contributed by atoms with Crippen LogP contribution < -0.4 is 10.2 Å². The largest absolute Gasteiger partial charge is 0.341 e. The van der Waals surface area contributed by atoms with Crippen LogP contribution >= 0.6 is 11.3 Å². The number of piperidine rings is 1. The van der Waals surface area contributed by atoms with E-state index >= 15 is 0 Å². The first-order valence-electron chi connectivity index (χ1n) is 11.7. The molecule has 5 rings (SSSR count). The van der Waals surface area contributed by atoms with E-state index in [4.69, 9.17) is 0 Å². The Labute approximate surface area is 213 Å². The highest BCUT2D eigenvalue weighted by molar-refractivity contribution is 7.90. The first kappa shape index (κ1) is 24.3. The van der Waals surface area contributed by atoms with Crippen LogP contribution in [0.25, 0.3) is 21.6 Å². The fourth-order valence-electron chi connectivity index (χ4n) is 4.15. The number of thiazole rings is 1. The van der Waals surface area contributed by atoms with Crippen LogP contribution in [-0.4, -0.2) is 53.6 Å². The minimum Gasteiger partial charge on any atom is -0.341 e. The van der Waals surface area contributed by atoms with Gasteiger partial charge in [0.2, 0.25) is 11.9 Å². The summed E-state index contributed by atoms with van der Waals surface area (Å²) in [4.78, 5) is 34.1. The number of fused-ring (bicyclic) bond motifs is 1. The third kappa shape index (κ3) is 5.21. The van der Waals surface area contributed by atoms with Gasteiger partial charge in [-0.15, -0.1) is 0 Å². The van der Waals surface area contributed by atoms with Crippen LogP contribution in [0.15, 0.2) is 53.7 Å². The van der Waals surface area contributed by atoms with Crippen LogP contribution in [-0.2, 0) is 21.1 Å². The summed E-state index contributed by atoms with van der Waals surface area (Å²) in [6.45, 7) is 3.53. The number of aryl methyl sites for hydroxylation is 1. The van der Waals surface area contributed by atoms with Crippen LogP contribution in [0.3, 0.4) is 0 Å². The molecule has 0 radical (unpaired) electrons. The SMILES string of the molecule is CCc1cnc(N2CCC(C(=O)Nc3nc4ccc(-c5ccc(S(C)(=O)=O)cc5)nc4s3)CC2)nc1. The van der Waals surface area contributed by atoms with Crippen molar-refractivity contribution in [1.29, 1.82) is 0 Å². The Morgan fingerprint density at radius 3 is 2.39 bits per heavy atom. The number of rotatable bonds is 6. The van der Waals surface area contributed by atoms with Gasteiger partial charge in [0.15, 0.2) is 15.0 Å². The molecule has 4 aromatic rings. The number of nitrogens with zero attached hydrogens (tertiary/aromatic N) is 5. The zero-order chi connectivity index (χ0) is 25.3. The van der Waals surface area contributed by atoms with Crippen molar-refractivity contribution in [3.8, 4) is 11.3 Å². The molecule has 0 saturated carbocycles. The number of carbonyl (C=O) groups is 1. The number of nitrogens with one attached hydrogen (secondary N) is 1. The number of sulfone groups is 1. The van der Waals surface area contributed by atoms with Crippen molar-refractivity contribution in [3.05, 3.63) is 54.4 Å². The molecule has 36 heavy (non-hydrogen) atoms. The molecule has 0 bridgehead atoms. The third-order valence-corrected chi connectivity index (χ3v) is 8.32. The molecule has 186 valence electrons. The number of pyridine rings is 1. The molecule has 0 atom stereocenters. The van der Waals surface area contributed by atoms with Crippen LogP contribution in [0.5, 0.6) is 0 Å². The summed E-state index contributed by atoms with van der Waals surface area (Å²) in [5.41, 5.74) is 3.33. The second-order valence-electron chi connectivity index (χ2n) is 8.83. The van der Waals surface area contributed by atoms with Gasteiger partial charge in [-0.1, -0.05) is 30.4 Å². The van der Waals surface area contributed by atoms with Gasteiger partial charge in [0.1, 0.15) is 10.3 Å². The molecule has 1 aromatic carbocycles. The summed E-state index contributed by atoms with van der Waals surface area (Å²) >= 11 is 1.33. The van der Waals surface area contributed by atoms with Crippen LogP contribution in [0, 0.1) is 5.92 Å². The van der Waals surface area contributed by atoms with Gasteiger partial charge in [-0.2, -0.15) is 0 Å². The lowest BCUT2D eigenvalue weighted by Crippen LogP contribution is -2.39. The molecule has 0 unspecified atom stereocenters. The number of aromatic nitrogens is 4. The van der Waals surface area contributed by atoms with Gasteiger partial charge in [0.05, 0.1) is 10.6 Å². The molecule has 9 nitrogen and oxygen atoms in total.